The number of nitrogens with zero attached hydrogens (tertiary/aromatic N) is 1. The van der Waals surface area contributed by atoms with Gasteiger partial charge in [0.15, 0.2) is 0 Å². The normalized spacial score (nSPS) is 15.0. The Kier molecular flexibility index (Phi) is 5.49. The van der Waals surface area contributed by atoms with Crippen LogP contribution in [0.5, 0.6) is 0 Å². The topological polar surface area (TPSA) is 61.4 Å². The van der Waals surface area contributed by atoms with Crippen molar-refractivity contribution in [3.8, 4) is 0 Å². The Balaban J connectivity index is 1.66. The second kappa shape index (κ2) is 7.82. The fourth-order valence-corrected chi connectivity index (χ4v) is 3.46. The van der Waals surface area contributed by atoms with Crippen molar-refractivity contribution >= 4 is 28.9 Å². The summed E-state index contributed by atoms with van der Waals surface area (Å²) in [5.41, 5.74) is 5.90. The predicted molar refractivity (Wildman–Crippen MR) is 110 cm³/mol. The Morgan fingerprint density at radius 1 is 1.07 bits per heavy atom. The minimum atomic E-state index is -0.385. The van der Waals surface area contributed by atoms with Crippen LogP contribution in [0.4, 0.5) is 17.1 Å². The maximum Gasteiger partial charge on any atom is 0.246 e. The first-order valence-corrected chi connectivity index (χ1v) is 9.41. The van der Waals surface area contributed by atoms with Gasteiger partial charge in [-0.25, -0.2) is 0 Å². The molecule has 1 fully saturated rings. The molecule has 1 atom stereocenters. The van der Waals surface area contributed by atoms with E-state index < -0.39 is 0 Å². The SMILES string of the molecule is Cc1ccc(NC(=O)C(C)Nc2ccc(N3CCCC3=O)c(C)c2)c(C)c1. The molecule has 1 saturated heterocycles. The Labute approximate surface area is 160 Å². The molecular formula is C22H27N3O2. The van der Waals surface area contributed by atoms with Crippen LogP contribution in [0.1, 0.15) is 36.5 Å². The third-order valence-electron chi connectivity index (χ3n) is 4.98. The second-order valence-electron chi connectivity index (χ2n) is 7.32. The van der Waals surface area contributed by atoms with Gasteiger partial charge < -0.3 is 15.5 Å². The van der Waals surface area contributed by atoms with Crippen LogP contribution < -0.4 is 15.5 Å². The minimum absolute atomic E-state index is 0.0848. The van der Waals surface area contributed by atoms with E-state index in [9.17, 15) is 9.59 Å². The molecule has 1 heterocycles. The molecule has 142 valence electrons. The van der Waals surface area contributed by atoms with Gasteiger partial charge in [-0.1, -0.05) is 17.7 Å². The van der Waals surface area contributed by atoms with E-state index in [1.807, 2.05) is 62.9 Å². The molecule has 1 aliphatic rings. The molecule has 5 nitrogen and oxygen atoms in total. The molecule has 0 aromatic heterocycles. The van der Waals surface area contributed by atoms with E-state index in [-0.39, 0.29) is 17.9 Å². The van der Waals surface area contributed by atoms with E-state index in [0.717, 1.165) is 41.2 Å². The zero-order valence-corrected chi connectivity index (χ0v) is 16.4. The summed E-state index contributed by atoms with van der Waals surface area (Å²) in [5, 5.41) is 6.23. The first kappa shape index (κ1) is 19.0. The predicted octanol–water partition coefficient (Wildman–Crippen LogP) is 4.18. The van der Waals surface area contributed by atoms with E-state index >= 15 is 0 Å². The van der Waals surface area contributed by atoms with Crippen LogP contribution in [0.25, 0.3) is 0 Å². The van der Waals surface area contributed by atoms with Gasteiger partial charge in [-0.15, -0.1) is 0 Å². The zero-order chi connectivity index (χ0) is 19.6. The molecule has 5 heteroatoms. The molecule has 2 aromatic carbocycles. The molecule has 0 aliphatic carbocycles. The third-order valence-corrected chi connectivity index (χ3v) is 4.98. The van der Waals surface area contributed by atoms with Crippen molar-refractivity contribution < 1.29 is 9.59 Å². The second-order valence-corrected chi connectivity index (χ2v) is 7.32. The van der Waals surface area contributed by atoms with Gasteiger partial charge in [-0.05, 0) is 69.5 Å². The van der Waals surface area contributed by atoms with Gasteiger partial charge in [-0.3, -0.25) is 9.59 Å². The number of nitrogens with one attached hydrogen (secondary N) is 2. The summed E-state index contributed by atoms with van der Waals surface area (Å²) in [5.74, 6) is 0.0958. The fraction of sp³-hybridized carbons (Fsp3) is 0.364. The maximum absolute atomic E-state index is 12.5. The number of amides is 2. The molecule has 2 N–H and O–H groups in total. The number of aryl methyl sites for hydroxylation is 3. The van der Waals surface area contributed by atoms with Gasteiger partial charge in [0.05, 0.1) is 0 Å². The van der Waals surface area contributed by atoms with E-state index in [4.69, 9.17) is 0 Å². The molecular weight excluding hydrogens is 338 g/mol. The number of rotatable bonds is 5. The van der Waals surface area contributed by atoms with Crippen LogP contribution in [0.3, 0.4) is 0 Å². The summed E-state index contributed by atoms with van der Waals surface area (Å²) < 4.78 is 0. The average Bonchev–Trinajstić information content (AvgIpc) is 3.03. The van der Waals surface area contributed by atoms with Crippen molar-refractivity contribution in [3.63, 3.8) is 0 Å². The highest BCUT2D eigenvalue weighted by Crippen LogP contribution is 2.27. The monoisotopic (exact) mass is 365 g/mol. The summed E-state index contributed by atoms with van der Waals surface area (Å²) in [6.07, 6.45) is 1.53. The highest BCUT2D eigenvalue weighted by Gasteiger charge is 2.23. The lowest BCUT2D eigenvalue weighted by atomic mass is 10.1. The molecule has 0 spiro atoms. The number of carbonyl (C=O) groups is 2. The molecule has 0 bridgehead atoms. The Morgan fingerprint density at radius 3 is 2.48 bits per heavy atom. The zero-order valence-electron chi connectivity index (χ0n) is 16.4. The van der Waals surface area contributed by atoms with E-state index in [0.29, 0.717) is 6.42 Å². The summed E-state index contributed by atoms with van der Waals surface area (Å²) in [6.45, 7) is 8.63. The highest BCUT2D eigenvalue weighted by molar-refractivity contribution is 5.97. The summed E-state index contributed by atoms with van der Waals surface area (Å²) >= 11 is 0. The Hall–Kier alpha value is -2.82. The lowest BCUT2D eigenvalue weighted by molar-refractivity contribution is -0.117. The van der Waals surface area contributed by atoms with Crippen molar-refractivity contribution in [1.82, 2.24) is 0 Å². The first-order valence-electron chi connectivity index (χ1n) is 9.41. The van der Waals surface area contributed by atoms with Crippen molar-refractivity contribution in [2.24, 2.45) is 0 Å². The van der Waals surface area contributed by atoms with Gasteiger partial charge >= 0.3 is 0 Å². The van der Waals surface area contributed by atoms with E-state index in [2.05, 4.69) is 16.7 Å². The number of hydrogen-bond acceptors (Lipinski definition) is 3. The lowest BCUT2D eigenvalue weighted by Gasteiger charge is -2.21. The van der Waals surface area contributed by atoms with E-state index in [1.54, 1.807) is 0 Å². The van der Waals surface area contributed by atoms with Crippen LogP contribution >= 0.6 is 0 Å². The van der Waals surface area contributed by atoms with Gasteiger partial charge in [-0.2, -0.15) is 0 Å². The third kappa shape index (κ3) is 4.30. The summed E-state index contributed by atoms with van der Waals surface area (Å²) in [7, 11) is 0. The van der Waals surface area contributed by atoms with Crippen molar-refractivity contribution in [3.05, 3.63) is 53.1 Å². The number of hydrogen-bond donors (Lipinski definition) is 2. The largest absolute Gasteiger partial charge is 0.374 e. The van der Waals surface area contributed by atoms with Gasteiger partial charge in [0.1, 0.15) is 6.04 Å². The van der Waals surface area contributed by atoms with Crippen LogP contribution in [-0.4, -0.2) is 24.4 Å². The van der Waals surface area contributed by atoms with Crippen LogP contribution in [0.2, 0.25) is 0 Å². The maximum atomic E-state index is 12.5. The van der Waals surface area contributed by atoms with Crippen molar-refractivity contribution in [2.75, 3.05) is 22.1 Å². The smallest absolute Gasteiger partial charge is 0.246 e. The van der Waals surface area contributed by atoms with Crippen LogP contribution in [0.15, 0.2) is 36.4 Å². The number of anilines is 3. The summed E-state index contributed by atoms with van der Waals surface area (Å²) in [4.78, 5) is 26.3. The summed E-state index contributed by atoms with van der Waals surface area (Å²) in [6, 6.07) is 11.5. The van der Waals surface area contributed by atoms with Gasteiger partial charge in [0, 0.05) is 30.0 Å². The minimum Gasteiger partial charge on any atom is -0.374 e. The van der Waals surface area contributed by atoms with Crippen LogP contribution in [0, 0.1) is 20.8 Å². The molecule has 1 unspecified atom stereocenters. The molecule has 0 saturated carbocycles. The molecule has 2 aromatic rings. The Morgan fingerprint density at radius 2 is 1.85 bits per heavy atom. The Bertz CT molecular complexity index is 876. The molecule has 0 radical (unpaired) electrons. The molecule has 3 rings (SSSR count). The van der Waals surface area contributed by atoms with Crippen molar-refractivity contribution in [1.29, 1.82) is 0 Å². The highest BCUT2D eigenvalue weighted by atomic mass is 16.2. The average molecular weight is 365 g/mol. The quantitative estimate of drug-likeness (QED) is 0.836. The molecule has 27 heavy (non-hydrogen) atoms. The van der Waals surface area contributed by atoms with Crippen LogP contribution in [-0.2, 0) is 9.59 Å². The number of benzene rings is 2. The van der Waals surface area contributed by atoms with Gasteiger partial charge in [0.25, 0.3) is 0 Å². The standard InChI is InChI=1S/C22H27N3O2/c1-14-7-9-19(15(2)12-14)24-22(27)17(4)23-18-8-10-20(16(3)13-18)25-11-5-6-21(25)26/h7-10,12-13,17,23H,5-6,11H2,1-4H3,(H,24,27). The fourth-order valence-electron chi connectivity index (χ4n) is 3.46. The van der Waals surface area contributed by atoms with Gasteiger partial charge in [0.2, 0.25) is 11.8 Å². The lowest BCUT2D eigenvalue weighted by Crippen LogP contribution is -2.32. The number of carbonyl (C=O) groups excluding carboxylic acids is 2. The van der Waals surface area contributed by atoms with Crippen molar-refractivity contribution in [2.45, 2.75) is 46.6 Å². The molecule has 2 amide bonds. The van der Waals surface area contributed by atoms with E-state index in [1.165, 1.54) is 5.56 Å². The first-order chi connectivity index (χ1) is 12.8. The molecule has 1 aliphatic heterocycles.